The number of anilines is 1. The lowest BCUT2D eigenvalue weighted by Gasteiger charge is -2.15. The molecule has 0 N–H and O–H groups in total. The molecule has 0 aliphatic rings. The average molecular weight is 264 g/mol. The number of aryl methyl sites for hydroxylation is 1. The molecule has 1 aromatic carbocycles. The van der Waals surface area contributed by atoms with Crippen LogP contribution in [0.15, 0.2) is 27.4 Å². The van der Waals surface area contributed by atoms with Crippen molar-refractivity contribution in [3.63, 3.8) is 0 Å². The van der Waals surface area contributed by atoms with Crippen LogP contribution in [0.2, 0.25) is 0 Å². The summed E-state index contributed by atoms with van der Waals surface area (Å²) in [7, 11) is 4.14. The van der Waals surface area contributed by atoms with Crippen LogP contribution in [-0.4, -0.2) is 30.6 Å². The smallest absolute Gasteiger partial charge is 0.419 e. The number of oxazole rings is 1. The lowest BCUT2D eigenvalue weighted by Crippen LogP contribution is -2.33. The van der Waals surface area contributed by atoms with Crippen LogP contribution in [0.25, 0.3) is 11.1 Å². The molecule has 19 heavy (non-hydrogen) atoms. The maximum Gasteiger partial charge on any atom is 0.419 e. The van der Waals surface area contributed by atoms with E-state index in [0.717, 1.165) is 12.0 Å². The molecule has 0 spiro atoms. The lowest BCUT2D eigenvalue weighted by molar-refractivity contribution is -0.151. The maximum atomic E-state index is 11.6. The van der Waals surface area contributed by atoms with Gasteiger partial charge in [0.05, 0.1) is 12.6 Å². The van der Waals surface area contributed by atoms with Crippen LogP contribution in [0.5, 0.6) is 0 Å². The van der Waals surface area contributed by atoms with Gasteiger partial charge in [-0.2, -0.15) is 0 Å². The Morgan fingerprint density at radius 2 is 2.05 bits per heavy atom. The van der Waals surface area contributed by atoms with Crippen LogP contribution in [0.3, 0.4) is 0 Å². The number of benzene rings is 1. The van der Waals surface area contributed by atoms with E-state index in [1.54, 1.807) is 19.2 Å². The molecule has 100 valence electrons. The monoisotopic (exact) mass is 264 g/mol. The summed E-state index contributed by atoms with van der Waals surface area (Å²) in [6.07, 6.45) is 0. The van der Waals surface area contributed by atoms with E-state index in [1.807, 2.05) is 0 Å². The van der Waals surface area contributed by atoms with Crippen LogP contribution >= 0.6 is 0 Å². The summed E-state index contributed by atoms with van der Waals surface area (Å²) in [5.41, 5.74) is 1.37. The minimum atomic E-state index is -0.961. The first-order valence-electron chi connectivity index (χ1n) is 5.41. The number of esters is 1. The Morgan fingerprint density at radius 3 is 2.68 bits per heavy atom. The second kappa shape index (κ2) is 4.60. The Labute approximate surface area is 108 Å². The molecule has 7 heteroatoms. The largest absolute Gasteiger partial charge is 0.462 e. The topological polar surface area (TPSA) is 81.8 Å². The summed E-state index contributed by atoms with van der Waals surface area (Å²) in [4.78, 5) is 35.3. The van der Waals surface area contributed by atoms with Crippen molar-refractivity contribution in [1.82, 2.24) is 4.57 Å². The molecule has 1 aromatic heterocycles. The second-order valence-corrected chi connectivity index (χ2v) is 3.93. The molecule has 0 bridgehead atoms. The SMILES string of the molecule is COC(=O)C(=O)N(C)c1ccc2c(c1)oc(=O)n2C. The summed E-state index contributed by atoms with van der Waals surface area (Å²) in [6.45, 7) is 0. The van der Waals surface area contributed by atoms with Gasteiger partial charge >= 0.3 is 17.6 Å². The van der Waals surface area contributed by atoms with Gasteiger partial charge < -0.3 is 14.1 Å². The third kappa shape index (κ3) is 2.10. The van der Waals surface area contributed by atoms with E-state index in [2.05, 4.69) is 4.74 Å². The molecule has 0 atom stereocenters. The predicted octanol–water partition coefficient (Wildman–Crippen LogP) is 0.267. The Kier molecular flexibility index (Phi) is 3.12. The number of methoxy groups -OCH3 is 1. The van der Waals surface area contributed by atoms with Gasteiger partial charge in [0.15, 0.2) is 5.58 Å². The number of fused-ring (bicyclic) bond motifs is 1. The number of aromatic nitrogens is 1. The predicted molar refractivity (Wildman–Crippen MR) is 66.9 cm³/mol. The Balaban J connectivity index is 2.44. The number of hydrogen-bond acceptors (Lipinski definition) is 5. The summed E-state index contributed by atoms with van der Waals surface area (Å²) in [5.74, 6) is -2.26. The van der Waals surface area contributed by atoms with Crippen molar-refractivity contribution in [3.8, 4) is 0 Å². The molecular weight excluding hydrogens is 252 g/mol. The molecule has 0 unspecified atom stereocenters. The fraction of sp³-hybridized carbons (Fsp3) is 0.250. The van der Waals surface area contributed by atoms with Gasteiger partial charge in [-0.05, 0) is 12.1 Å². The Bertz CT molecular complexity index is 712. The van der Waals surface area contributed by atoms with Crippen molar-refractivity contribution >= 4 is 28.7 Å². The molecule has 0 radical (unpaired) electrons. The molecule has 0 aliphatic heterocycles. The van der Waals surface area contributed by atoms with E-state index in [1.165, 1.54) is 17.7 Å². The van der Waals surface area contributed by atoms with E-state index in [0.29, 0.717) is 16.8 Å². The van der Waals surface area contributed by atoms with E-state index < -0.39 is 17.6 Å². The first-order chi connectivity index (χ1) is 8.95. The summed E-state index contributed by atoms with van der Waals surface area (Å²) < 4.78 is 10.7. The zero-order chi connectivity index (χ0) is 14.2. The summed E-state index contributed by atoms with van der Waals surface area (Å²) in [6, 6.07) is 4.76. The normalized spacial score (nSPS) is 10.5. The molecule has 0 saturated heterocycles. The van der Waals surface area contributed by atoms with Gasteiger partial charge in [0, 0.05) is 25.8 Å². The summed E-state index contributed by atoms with van der Waals surface area (Å²) in [5, 5.41) is 0. The van der Waals surface area contributed by atoms with Gasteiger partial charge in [-0.25, -0.2) is 9.59 Å². The number of carbonyl (C=O) groups is 2. The van der Waals surface area contributed by atoms with Gasteiger partial charge in [0.1, 0.15) is 0 Å². The fourth-order valence-electron chi connectivity index (χ4n) is 1.67. The maximum absolute atomic E-state index is 11.6. The van der Waals surface area contributed by atoms with Crippen molar-refractivity contribution in [3.05, 3.63) is 28.7 Å². The van der Waals surface area contributed by atoms with Crippen molar-refractivity contribution in [1.29, 1.82) is 0 Å². The quantitative estimate of drug-likeness (QED) is 0.545. The van der Waals surface area contributed by atoms with Crippen molar-refractivity contribution < 1.29 is 18.7 Å². The number of carbonyl (C=O) groups excluding carboxylic acids is 2. The van der Waals surface area contributed by atoms with Crippen molar-refractivity contribution in [2.75, 3.05) is 19.1 Å². The van der Waals surface area contributed by atoms with Crippen LogP contribution in [0.1, 0.15) is 0 Å². The van der Waals surface area contributed by atoms with E-state index in [9.17, 15) is 14.4 Å². The second-order valence-electron chi connectivity index (χ2n) is 3.93. The van der Waals surface area contributed by atoms with Gasteiger partial charge in [0.2, 0.25) is 0 Å². The molecule has 0 saturated carbocycles. The Hall–Kier alpha value is -2.57. The number of rotatable bonds is 1. The first kappa shape index (κ1) is 12.9. The number of amides is 1. The highest BCUT2D eigenvalue weighted by Gasteiger charge is 2.21. The van der Waals surface area contributed by atoms with Crippen LogP contribution in [0, 0.1) is 0 Å². The van der Waals surface area contributed by atoms with Crippen LogP contribution in [-0.2, 0) is 21.4 Å². The van der Waals surface area contributed by atoms with E-state index in [-0.39, 0.29) is 0 Å². The number of hydrogen-bond donors (Lipinski definition) is 0. The Morgan fingerprint density at radius 1 is 1.37 bits per heavy atom. The molecular formula is C12H12N2O5. The summed E-state index contributed by atoms with van der Waals surface area (Å²) >= 11 is 0. The van der Waals surface area contributed by atoms with Gasteiger partial charge in [0.25, 0.3) is 0 Å². The standard InChI is InChI=1S/C12H12N2O5/c1-13(10(15)11(16)18-3)7-4-5-8-9(6-7)19-12(17)14(8)2/h4-6H,1-3H3. The van der Waals surface area contributed by atoms with Gasteiger partial charge in [-0.15, -0.1) is 0 Å². The molecule has 7 nitrogen and oxygen atoms in total. The number of nitrogens with zero attached hydrogens (tertiary/aromatic N) is 2. The highest BCUT2D eigenvalue weighted by molar-refractivity contribution is 6.38. The zero-order valence-corrected chi connectivity index (χ0v) is 10.7. The van der Waals surface area contributed by atoms with Crippen LogP contribution < -0.4 is 10.7 Å². The average Bonchev–Trinajstić information content (AvgIpc) is 2.71. The highest BCUT2D eigenvalue weighted by atomic mass is 16.5. The first-order valence-corrected chi connectivity index (χ1v) is 5.41. The minimum Gasteiger partial charge on any atom is -0.462 e. The lowest BCUT2D eigenvalue weighted by atomic mass is 10.2. The number of likely N-dealkylation sites (N-methyl/N-ethyl adjacent to an activating group) is 1. The zero-order valence-electron chi connectivity index (χ0n) is 10.7. The van der Waals surface area contributed by atoms with Gasteiger partial charge in [-0.3, -0.25) is 9.36 Å². The van der Waals surface area contributed by atoms with Crippen molar-refractivity contribution in [2.45, 2.75) is 0 Å². The molecule has 1 amide bonds. The van der Waals surface area contributed by atoms with E-state index in [4.69, 9.17) is 4.42 Å². The molecule has 2 rings (SSSR count). The van der Waals surface area contributed by atoms with E-state index >= 15 is 0 Å². The molecule has 0 aliphatic carbocycles. The third-order valence-corrected chi connectivity index (χ3v) is 2.83. The highest BCUT2D eigenvalue weighted by Crippen LogP contribution is 2.20. The minimum absolute atomic E-state index is 0.342. The van der Waals surface area contributed by atoms with Crippen molar-refractivity contribution in [2.24, 2.45) is 7.05 Å². The molecule has 1 heterocycles. The van der Waals surface area contributed by atoms with Gasteiger partial charge in [-0.1, -0.05) is 0 Å². The fourth-order valence-corrected chi connectivity index (χ4v) is 1.67. The number of ether oxygens (including phenoxy) is 1. The molecule has 2 aromatic rings. The third-order valence-electron chi connectivity index (χ3n) is 2.83. The molecule has 0 fully saturated rings. The van der Waals surface area contributed by atoms with Crippen LogP contribution in [0.4, 0.5) is 5.69 Å².